The summed E-state index contributed by atoms with van der Waals surface area (Å²) in [5.74, 6) is -0.655. The first-order valence-electron chi connectivity index (χ1n) is 9.48. The second kappa shape index (κ2) is 8.52. The zero-order valence-electron chi connectivity index (χ0n) is 16.0. The lowest BCUT2D eigenvalue weighted by atomic mass is 10.1. The second-order valence-corrected chi connectivity index (χ2v) is 7.22. The SMILES string of the molecule is CN(CCC[C@H]1CCCO1)C(=O)CN1CC(=O)N(C)c2ccccc2C1=O. The minimum atomic E-state index is -0.288. The van der Waals surface area contributed by atoms with E-state index in [1.54, 1.807) is 43.3 Å². The lowest BCUT2D eigenvalue weighted by Crippen LogP contribution is -2.44. The molecule has 7 nitrogen and oxygen atoms in total. The lowest BCUT2D eigenvalue weighted by Gasteiger charge is -2.24. The highest BCUT2D eigenvalue weighted by molar-refractivity contribution is 6.10. The standard InChI is InChI=1S/C20H27N3O4/c1-21(11-5-7-15-8-6-12-27-15)18(24)13-23-14-19(25)22(2)17-10-4-3-9-16(17)20(23)26/h3-4,9-10,15H,5-8,11-14H2,1-2H3/t15-/m0/s1. The van der Waals surface area contributed by atoms with Crippen molar-refractivity contribution in [2.75, 3.05) is 45.2 Å². The van der Waals surface area contributed by atoms with Crippen LogP contribution in [0.1, 0.15) is 36.0 Å². The molecule has 0 aliphatic carbocycles. The van der Waals surface area contributed by atoms with Gasteiger partial charge in [0.05, 0.1) is 17.4 Å². The van der Waals surface area contributed by atoms with E-state index in [9.17, 15) is 14.4 Å². The zero-order chi connectivity index (χ0) is 19.4. The highest BCUT2D eigenvalue weighted by Crippen LogP contribution is 2.24. The molecule has 0 N–H and O–H groups in total. The molecule has 27 heavy (non-hydrogen) atoms. The summed E-state index contributed by atoms with van der Waals surface area (Å²) in [7, 11) is 3.39. The number of anilines is 1. The van der Waals surface area contributed by atoms with Crippen LogP contribution in [-0.2, 0) is 14.3 Å². The van der Waals surface area contributed by atoms with Gasteiger partial charge in [0.25, 0.3) is 5.91 Å². The van der Waals surface area contributed by atoms with Crippen molar-refractivity contribution in [1.82, 2.24) is 9.80 Å². The first-order valence-corrected chi connectivity index (χ1v) is 9.48. The molecule has 1 aromatic carbocycles. The Kier molecular flexibility index (Phi) is 6.11. The number of nitrogens with zero attached hydrogens (tertiary/aromatic N) is 3. The molecule has 3 rings (SSSR count). The Morgan fingerprint density at radius 3 is 2.81 bits per heavy atom. The number of likely N-dealkylation sites (N-methyl/N-ethyl adjacent to an activating group) is 2. The minimum absolute atomic E-state index is 0.0941. The van der Waals surface area contributed by atoms with E-state index >= 15 is 0 Å². The summed E-state index contributed by atoms with van der Waals surface area (Å²) >= 11 is 0. The molecule has 2 aliphatic rings. The van der Waals surface area contributed by atoms with Gasteiger partial charge in [0.2, 0.25) is 11.8 Å². The van der Waals surface area contributed by atoms with Gasteiger partial charge in [0.15, 0.2) is 0 Å². The van der Waals surface area contributed by atoms with Crippen LogP contribution in [0.5, 0.6) is 0 Å². The molecular weight excluding hydrogens is 346 g/mol. The van der Waals surface area contributed by atoms with Crippen LogP contribution in [0.4, 0.5) is 5.69 Å². The van der Waals surface area contributed by atoms with Crippen molar-refractivity contribution in [2.45, 2.75) is 31.8 Å². The molecule has 1 aromatic rings. The molecule has 0 spiro atoms. The number of fused-ring (bicyclic) bond motifs is 1. The quantitative estimate of drug-likeness (QED) is 0.758. The molecule has 2 aliphatic heterocycles. The average molecular weight is 373 g/mol. The van der Waals surface area contributed by atoms with Gasteiger partial charge in [-0.05, 0) is 37.8 Å². The first-order chi connectivity index (χ1) is 13.0. The summed E-state index contributed by atoms with van der Waals surface area (Å²) in [5.41, 5.74) is 1.02. The summed E-state index contributed by atoms with van der Waals surface area (Å²) in [6, 6.07) is 6.99. The van der Waals surface area contributed by atoms with E-state index in [4.69, 9.17) is 4.74 Å². The largest absolute Gasteiger partial charge is 0.378 e. The molecule has 1 fully saturated rings. The number of carbonyl (C=O) groups excluding carboxylic acids is 3. The van der Waals surface area contributed by atoms with Crippen LogP contribution in [0.3, 0.4) is 0 Å². The Morgan fingerprint density at radius 2 is 2.07 bits per heavy atom. The van der Waals surface area contributed by atoms with Crippen molar-refractivity contribution in [3.63, 3.8) is 0 Å². The third kappa shape index (κ3) is 4.47. The number of ether oxygens (including phenoxy) is 1. The normalized spacial score (nSPS) is 19.9. The first kappa shape index (κ1) is 19.4. The molecular formula is C20H27N3O4. The number of para-hydroxylation sites is 1. The highest BCUT2D eigenvalue weighted by atomic mass is 16.5. The summed E-state index contributed by atoms with van der Waals surface area (Å²) in [6.45, 7) is 1.26. The predicted molar refractivity (Wildman–Crippen MR) is 102 cm³/mol. The molecule has 146 valence electrons. The fourth-order valence-electron chi connectivity index (χ4n) is 3.56. The Bertz CT molecular complexity index is 715. The maximum Gasteiger partial charge on any atom is 0.256 e. The van der Waals surface area contributed by atoms with E-state index < -0.39 is 0 Å². The maximum absolute atomic E-state index is 12.8. The van der Waals surface area contributed by atoms with Crippen LogP contribution in [0, 0.1) is 0 Å². The maximum atomic E-state index is 12.8. The van der Waals surface area contributed by atoms with Crippen molar-refractivity contribution in [1.29, 1.82) is 0 Å². The van der Waals surface area contributed by atoms with Gasteiger partial charge in [-0.3, -0.25) is 14.4 Å². The van der Waals surface area contributed by atoms with E-state index in [0.29, 0.717) is 23.9 Å². The summed E-state index contributed by atoms with van der Waals surface area (Å²) in [4.78, 5) is 42.2. The molecule has 2 heterocycles. The summed E-state index contributed by atoms with van der Waals surface area (Å²) in [6.07, 6.45) is 4.32. The van der Waals surface area contributed by atoms with Gasteiger partial charge in [-0.15, -0.1) is 0 Å². The number of hydrogen-bond donors (Lipinski definition) is 0. The molecule has 1 saturated heterocycles. The Balaban J connectivity index is 1.59. The monoisotopic (exact) mass is 373 g/mol. The van der Waals surface area contributed by atoms with Crippen LogP contribution in [-0.4, -0.2) is 74.0 Å². The van der Waals surface area contributed by atoms with Crippen molar-refractivity contribution in [2.24, 2.45) is 0 Å². The molecule has 0 radical (unpaired) electrons. The van der Waals surface area contributed by atoms with E-state index in [2.05, 4.69) is 0 Å². The third-order valence-corrected chi connectivity index (χ3v) is 5.28. The number of rotatable bonds is 6. The van der Waals surface area contributed by atoms with E-state index in [-0.39, 0.29) is 30.8 Å². The van der Waals surface area contributed by atoms with Crippen molar-refractivity contribution in [3.05, 3.63) is 29.8 Å². The van der Waals surface area contributed by atoms with E-state index in [0.717, 1.165) is 32.3 Å². The average Bonchev–Trinajstić information content (AvgIpc) is 3.16. The molecule has 0 saturated carbocycles. The zero-order valence-corrected chi connectivity index (χ0v) is 16.0. The van der Waals surface area contributed by atoms with Gasteiger partial charge >= 0.3 is 0 Å². The summed E-state index contributed by atoms with van der Waals surface area (Å²) < 4.78 is 5.60. The number of benzene rings is 1. The van der Waals surface area contributed by atoms with Crippen molar-refractivity contribution < 1.29 is 19.1 Å². The van der Waals surface area contributed by atoms with Crippen LogP contribution in [0.15, 0.2) is 24.3 Å². The Morgan fingerprint density at radius 1 is 1.30 bits per heavy atom. The summed E-state index contributed by atoms with van der Waals surface area (Å²) in [5, 5.41) is 0. The molecule has 3 amide bonds. The minimum Gasteiger partial charge on any atom is -0.378 e. The number of amides is 3. The van der Waals surface area contributed by atoms with Gasteiger partial charge in [-0.25, -0.2) is 0 Å². The lowest BCUT2D eigenvalue weighted by molar-refractivity contribution is -0.131. The van der Waals surface area contributed by atoms with Gasteiger partial charge in [0, 0.05) is 27.2 Å². The van der Waals surface area contributed by atoms with Crippen LogP contribution in [0.2, 0.25) is 0 Å². The van der Waals surface area contributed by atoms with Gasteiger partial charge in [0.1, 0.15) is 13.1 Å². The highest BCUT2D eigenvalue weighted by Gasteiger charge is 2.31. The van der Waals surface area contributed by atoms with Crippen LogP contribution in [0.25, 0.3) is 0 Å². The van der Waals surface area contributed by atoms with Gasteiger partial charge in [-0.1, -0.05) is 12.1 Å². The van der Waals surface area contributed by atoms with E-state index in [1.807, 2.05) is 0 Å². The molecule has 7 heteroatoms. The number of hydrogen-bond acceptors (Lipinski definition) is 4. The molecule has 0 bridgehead atoms. The number of carbonyl (C=O) groups is 3. The van der Waals surface area contributed by atoms with Crippen molar-refractivity contribution >= 4 is 23.4 Å². The fourth-order valence-corrected chi connectivity index (χ4v) is 3.56. The Hall–Kier alpha value is -2.41. The third-order valence-electron chi connectivity index (χ3n) is 5.28. The second-order valence-electron chi connectivity index (χ2n) is 7.22. The molecule has 0 unspecified atom stereocenters. The predicted octanol–water partition coefficient (Wildman–Crippen LogP) is 1.52. The smallest absolute Gasteiger partial charge is 0.256 e. The Labute approximate surface area is 159 Å². The van der Waals surface area contributed by atoms with Crippen molar-refractivity contribution in [3.8, 4) is 0 Å². The van der Waals surface area contributed by atoms with Crippen LogP contribution < -0.4 is 4.90 Å². The van der Waals surface area contributed by atoms with Gasteiger partial charge in [-0.2, -0.15) is 0 Å². The fraction of sp³-hybridized carbons (Fsp3) is 0.550. The topological polar surface area (TPSA) is 70.2 Å². The van der Waals surface area contributed by atoms with Crippen LogP contribution >= 0.6 is 0 Å². The van der Waals surface area contributed by atoms with E-state index in [1.165, 1.54) is 9.80 Å². The molecule has 0 aromatic heterocycles. The van der Waals surface area contributed by atoms with Gasteiger partial charge < -0.3 is 19.4 Å². The molecule has 1 atom stereocenters.